The lowest BCUT2D eigenvalue weighted by molar-refractivity contribution is -0.118. The quantitative estimate of drug-likeness (QED) is 0.805. The molecule has 0 fully saturated rings. The van der Waals surface area contributed by atoms with Gasteiger partial charge in [-0.2, -0.15) is 0 Å². The summed E-state index contributed by atoms with van der Waals surface area (Å²) in [6.45, 7) is 4.18. The van der Waals surface area contributed by atoms with E-state index in [1.165, 1.54) is 7.11 Å². The molecule has 1 rings (SSSR count). The van der Waals surface area contributed by atoms with Crippen molar-refractivity contribution in [2.75, 3.05) is 19.0 Å². The molecule has 16 heavy (non-hydrogen) atoms. The smallest absolute Gasteiger partial charge is 0.243 e. The van der Waals surface area contributed by atoms with Crippen LogP contribution in [0.15, 0.2) is 18.2 Å². The number of nitrogens with two attached hydrogens (primary N) is 1. The van der Waals surface area contributed by atoms with Gasteiger partial charge < -0.3 is 15.8 Å². The van der Waals surface area contributed by atoms with Crippen LogP contribution in [0.2, 0.25) is 0 Å². The zero-order chi connectivity index (χ0) is 12.1. The Balaban J connectivity index is 2.73. The molecule has 0 saturated carbocycles. The molecule has 0 heterocycles. The van der Waals surface area contributed by atoms with Crippen molar-refractivity contribution in [2.24, 2.45) is 5.73 Å². The van der Waals surface area contributed by atoms with Crippen LogP contribution in [0.1, 0.15) is 11.1 Å². The molecule has 4 heteroatoms. The van der Waals surface area contributed by atoms with E-state index in [1.54, 1.807) is 0 Å². The first-order valence-electron chi connectivity index (χ1n) is 5.18. The minimum Gasteiger partial charge on any atom is -0.383 e. The Morgan fingerprint density at radius 1 is 1.50 bits per heavy atom. The van der Waals surface area contributed by atoms with E-state index in [9.17, 15) is 4.79 Å². The normalized spacial score (nSPS) is 12.2. The van der Waals surface area contributed by atoms with Crippen LogP contribution in [0.4, 0.5) is 5.69 Å². The summed E-state index contributed by atoms with van der Waals surface area (Å²) in [5.41, 5.74) is 8.62. The standard InChI is InChI=1S/C12H18N2O2/c1-8-5-4-6-11(9(8)2)14-12(15)10(13)7-16-3/h4-6,10H,7,13H2,1-3H3,(H,14,15). The molecule has 88 valence electrons. The Kier molecular flexibility index (Phi) is 4.46. The van der Waals surface area contributed by atoms with Gasteiger partial charge in [0.05, 0.1) is 6.61 Å². The Hall–Kier alpha value is -1.39. The number of carbonyl (C=O) groups excluding carboxylic acids is 1. The van der Waals surface area contributed by atoms with E-state index in [1.807, 2.05) is 32.0 Å². The SMILES string of the molecule is COCC(N)C(=O)Nc1cccc(C)c1C. The number of rotatable bonds is 4. The van der Waals surface area contributed by atoms with Crippen LogP contribution in [-0.2, 0) is 9.53 Å². The van der Waals surface area contributed by atoms with Crippen molar-refractivity contribution in [3.63, 3.8) is 0 Å². The Labute approximate surface area is 95.8 Å². The van der Waals surface area contributed by atoms with E-state index in [-0.39, 0.29) is 12.5 Å². The number of benzene rings is 1. The highest BCUT2D eigenvalue weighted by Gasteiger charge is 2.14. The molecule has 0 aliphatic heterocycles. The highest BCUT2D eigenvalue weighted by atomic mass is 16.5. The van der Waals surface area contributed by atoms with E-state index in [4.69, 9.17) is 10.5 Å². The van der Waals surface area contributed by atoms with E-state index in [0.717, 1.165) is 16.8 Å². The number of nitrogens with one attached hydrogen (secondary N) is 1. The molecule has 0 aliphatic rings. The van der Waals surface area contributed by atoms with Crippen molar-refractivity contribution < 1.29 is 9.53 Å². The van der Waals surface area contributed by atoms with Gasteiger partial charge in [0.25, 0.3) is 0 Å². The van der Waals surface area contributed by atoms with Crippen molar-refractivity contribution >= 4 is 11.6 Å². The van der Waals surface area contributed by atoms with Crippen LogP contribution in [-0.4, -0.2) is 25.7 Å². The Morgan fingerprint density at radius 2 is 2.19 bits per heavy atom. The zero-order valence-corrected chi connectivity index (χ0v) is 9.91. The topological polar surface area (TPSA) is 64.3 Å². The second-order valence-corrected chi connectivity index (χ2v) is 3.80. The largest absolute Gasteiger partial charge is 0.383 e. The Bertz CT molecular complexity index is 377. The average molecular weight is 222 g/mol. The van der Waals surface area contributed by atoms with E-state index in [2.05, 4.69) is 5.32 Å². The van der Waals surface area contributed by atoms with Gasteiger partial charge >= 0.3 is 0 Å². The second-order valence-electron chi connectivity index (χ2n) is 3.80. The summed E-state index contributed by atoms with van der Waals surface area (Å²) in [7, 11) is 1.52. The van der Waals surface area contributed by atoms with Crippen LogP contribution in [0.3, 0.4) is 0 Å². The zero-order valence-electron chi connectivity index (χ0n) is 9.91. The minimum absolute atomic E-state index is 0.219. The van der Waals surface area contributed by atoms with Gasteiger partial charge in [0.2, 0.25) is 5.91 Å². The van der Waals surface area contributed by atoms with Gasteiger partial charge in [-0.1, -0.05) is 12.1 Å². The number of hydrogen-bond acceptors (Lipinski definition) is 3. The Morgan fingerprint density at radius 3 is 2.81 bits per heavy atom. The van der Waals surface area contributed by atoms with Crippen LogP contribution in [0, 0.1) is 13.8 Å². The fourth-order valence-corrected chi connectivity index (χ4v) is 1.37. The fraction of sp³-hybridized carbons (Fsp3) is 0.417. The average Bonchev–Trinajstić information content (AvgIpc) is 2.25. The van der Waals surface area contributed by atoms with Crippen molar-refractivity contribution in [1.82, 2.24) is 0 Å². The highest BCUT2D eigenvalue weighted by molar-refractivity contribution is 5.95. The number of anilines is 1. The molecule has 0 bridgehead atoms. The summed E-state index contributed by atoms with van der Waals surface area (Å²) >= 11 is 0. The third-order valence-corrected chi connectivity index (χ3v) is 2.55. The van der Waals surface area contributed by atoms with Crippen LogP contribution < -0.4 is 11.1 Å². The lowest BCUT2D eigenvalue weighted by Crippen LogP contribution is -2.39. The molecule has 0 radical (unpaired) electrons. The predicted octanol–water partition coefficient (Wildman–Crippen LogP) is 1.22. The third kappa shape index (κ3) is 3.05. The molecule has 1 atom stereocenters. The van der Waals surface area contributed by atoms with E-state index < -0.39 is 6.04 Å². The fourth-order valence-electron chi connectivity index (χ4n) is 1.37. The predicted molar refractivity (Wildman–Crippen MR) is 64.4 cm³/mol. The van der Waals surface area contributed by atoms with Gasteiger partial charge in [0, 0.05) is 12.8 Å². The molecule has 0 aromatic heterocycles. The van der Waals surface area contributed by atoms with Gasteiger partial charge in [0.15, 0.2) is 0 Å². The molecule has 0 aliphatic carbocycles. The molecule has 0 saturated heterocycles. The molecule has 3 N–H and O–H groups in total. The lowest BCUT2D eigenvalue weighted by Gasteiger charge is -2.13. The van der Waals surface area contributed by atoms with Gasteiger partial charge in [-0.25, -0.2) is 0 Å². The van der Waals surface area contributed by atoms with Crippen LogP contribution in [0.25, 0.3) is 0 Å². The molecule has 1 unspecified atom stereocenters. The van der Waals surface area contributed by atoms with E-state index >= 15 is 0 Å². The van der Waals surface area contributed by atoms with Crippen molar-refractivity contribution in [1.29, 1.82) is 0 Å². The molecular formula is C12H18N2O2. The number of ether oxygens (including phenoxy) is 1. The van der Waals surface area contributed by atoms with Crippen molar-refractivity contribution in [2.45, 2.75) is 19.9 Å². The summed E-state index contributed by atoms with van der Waals surface area (Å²) in [4.78, 5) is 11.6. The van der Waals surface area contributed by atoms with Gasteiger partial charge in [-0.3, -0.25) is 4.79 Å². The number of hydrogen-bond donors (Lipinski definition) is 2. The maximum Gasteiger partial charge on any atom is 0.243 e. The van der Waals surface area contributed by atoms with E-state index in [0.29, 0.717) is 0 Å². The van der Waals surface area contributed by atoms with Crippen molar-refractivity contribution in [3.8, 4) is 0 Å². The van der Waals surface area contributed by atoms with Crippen LogP contribution >= 0.6 is 0 Å². The molecular weight excluding hydrogens is 204 g/mol. The van der Waals surface area contributed by atoms with Gasteiger partial charge in [-0.15, -0.1) is 0 Å². The molecule has 0 spiro atoms. The summed E-state index contributed by atoms with van der Waals surface area (Å²) in [6.07, 6.45) is 0. The summed E-state index contributed by atoms with van der Waals surface area (Å²) in [6, 6.07) is 5.13. The van der Waals surface area contributed by atoms with Crippen LogP contribution in [0.5, 0.6) is 0 Å². The summed E-state index contributed by atoms with van der Waals surface area (Å²) < 4.78 is 4.83. The number of amides is 1. The molecule has 1 amide bonds. The number of aryl methyl sites for hydroxylation is 1. The first-order chi connectivity index (χ1) is 7.56. The lowest BCUT2D eigenvalue weighted by atomic mass is 10.1. The highest BCUT2D eigenvalue weighted by Crippen LogP contribution is 2.17. The first-order valence-corrected chi connectivity index (χ1v) is 5.18. The first kappa shape index (κ1) is 12.7. The van der Waals surface area contributed by atoms with Gasteiger partial charge in [-0.05, 0) is 31.0 Å². The molecule has 1 aromatic carbocycles. The maximum atomic E-state index is 11.6. The summed E-state index contributed by atoms with van der Waals surface area (Å²) in [5, 5.41) is 2.79. The molecule has 1 aromatic rings. The van der Waals surface area contributed by atoms with Crippen molar-refractivity contribution in [3.05, 3.63) is 29.3 Å². The van der Waals surface area contributed by atoms with Gasteiger partial charge in [0.1, 0.15) is 6.04 Å². The number of carbonyl (C=O) groups is 1. The second kappa shape index (κ2) is 5.63. The molecule has 4 nitrogen and oxygen atoms in total. The monoisotopic (exact) mass is 222 g/mol. The third-order valence-electron chi connectivity index (χ3n) is 2.55. The summed E-state index contributed by atoms with van der Waals surface area (Å²) in [5.74, 6) is -0.226. The maximum absolute atomic E-state index is 11.6. The minimum atomic E-state index is -0.634. The number of methoxy groups -OCH3 is 1.